The van der Waals surface area contributed by atoms with E-state index in [0.29, 0.717) is 23.2 Å². The summed E-state index contributed by atoms with van der Waals surface area (Å²) >= 11 is 0. The van der Waals surface area contributed by atoms with Crippen LogP contribution in [0.5, 0.6) is 0 Å². The molecule has 4 rings (SSSR count). The number of carbonyl (C=O) groups excluding carboxylic acids is 1. The van der Waals surface area contributed by atoms with Gasteiger partial charge >= 0.3 is 10.2 Å². The first-order valence-corrected chi connectivity index (χ1v) is 12.0. The molecule has 4 aromatic rings. The van der Waals surface area contributed by atoms with E-state index in [-0.39, 0.29) is 5.82 Å². The lowest BCUT2D eigenvalue weighted by molar-refractivity contribution is -0.120. The molecule has 1 amide bonds. The van der Waals surface area contributed by atoms with Gasteiger partial charge in [0.25, 0.3) is 5.91 Å². The number of amides is 1. The van der Waals surface area contributed by atoms with Crippen LogP contribution in [0.2, 0.25) is 0 Å². The molecular weight excluding hydrogens is 454 g/mol. The Morgan fingerprint density at radius 3 is 2.59 bits per heavy atom. The number of fused-ring (bicyclic) bond motifs is 1. The van der Waals surface area contributed by atoms with Gasteiger partial charge in [-0.05, 0) is 73.4 Å². The summed E-state index contributed by atoms with van der Waals surface area (Å²) in [5.41, 5.74) is 4.14. The van der Waals surface area contributed by atoms with Crippen LogP contribution in [-0.2, 0) is 21.4 Å². The van der Waals surface area contributed by atoms with E-state index in [1.165, 1.54) is 19.3 Å². The molecule has 0 saturated carbocycles. The van der Waals surface area contributed by atoms with Crippen LogP contribution in [0, 0.1) is 25.2 Å². The molecule has 0 bridgehead atoms. The number of nitriles is 1. The second-order valence-electron chi connectivity index (χ2n) is 7.84. The van der Waals surface area contributed by atoms with E-state index in [1.807, 2.05) is 32.0 Å². The van der Waals surface area contributed by atoms with E-state index in [9.17, 15) is 13.2 Å². The topological polar surface area (TPSA) is 130 Å². The predicted molar refractivity (Wildman–Crippen MR) is 127 cm³/mol. The molecule has 10 heteroatoms. The number of hydrogen-bond donors (Lipinski definition) is 2. The summed E-state index contributed by atoms with van der Waals surface area (Å²) in [5.74, 6) is -0.541. The Labute approximate surface area is 197 Å². The highest BCUT2D eigenvalue weighted by atomic mass is 32.2. The lowest BCUT2D eigenvalue weighted by Gasteiger charge is -2.21. The van der Waals surface area contributed by atoms with Gasteiger partial charge in [-0.1, -0.05) is 6.92 Å². The van der Waals surface area contributed by atoms with Crippen LogP contribution in [-0.4, -0.2) is 23.3 Å². The fourth-order valence-corrected chi connectivity index (χ4v) is 4.83. The zero-order chi connectivity index (χ0) is 24.5. The van der Waals surface area contributed by atoms with Crippen LogP contribution in [0.3, 0.4) is 0 Å². The van der Waals surface area contributed by atoms with Crippen molar-refractivity contribution in [2.24, 2.45) is 0 Å². The Hall–Kier alpha value is -4.10. The molecule has 0 spiro atoms. The zero-order valence-electron chi connectivity index (χ0n) is 18.9. The van der Waals surface area contributed by atoms with E-state index in [1.54, 1.807) is 30.5 Å². The fraction of sp³-hybridized carbons (Fsp3) is 0.208. The molecule has 0 aliphatic rings. The lowest BCUT2D eigenvalue weighted by atomic mass is 9.98. The molecule has 0 aliphatic carbocycles. The van der Waals surface area contributed by atoms with Crippen molar-refractivity contribution in [3.05, 3.63) is 83.1 Å². The quantitative estimate of drug-likeness (QED) is 0.415. The molecule has 2 aromatic carbocycles. The molecule has 0 fully saturated rings. The van der Waals surface area contributed by atoms with E-state index < -0.39 is 22.2 Å². The molecule has 9 nitrogen and oxygen atoms in total. The molecule has 2 N–H and O–H groups in total. The largest absolute Gasteiger partial charge is 0.464 e. The lowest BCUT2D eigenvalue weighted by Crippen LogP contribution is -2.40. The highest BCUT2D eigenvalue weighted by molar-refractivity contribution is 7.88. The van der Waals surface area contributed by atoms with Gasteiger partial charge in [0.1, 0.15) is 17.4 Å². The maximum Gasteiger partial charge on any atom is 0.331 e. The molecule has 0 aliphatic heterocycles. The summed E-state index contributed by atoms with van der Waals surface area (Å²) in [5, 5.41) is 13.0. The number of benzene rings is 2. The number of anilines is 1. The second kappa shape index (κ2) is 9.03. The van der Waals surface area contributed by atoms with Crippen molar-refractivity contribution in [3.8, 4) is 6.07 Å². The number of hydrogen-bond acceptors (Lipinski definition) is 7. The number of carbonyl (C=O) groups is 1. The molecule has 1 unspecified atom stereocenters. The Bertz CT molecular complexity index is 1510. The number of imidazole rings is 1. The van der Waals surface area contributed by atoms with Crippen LogP contribution >= 0.6 is 0 Å². The Morgan fingerprint density at radius 1 is 1.24 bits per heavy atom. The van der Waals surface area contributed by atoms with E-state index in [0.717, 1.165) is 26.1 Å². The maximum absolute atomic E-state index is 13.4. The molecule has 1 atom stereocenters. The molecule has 0 radical (unpaired) electrons. The van der Waals surface area contributed by atoms with Crippen LogP contribution in [0.1, 0.15) is 41.0 Å². The normalized spacial score (nSPS) is 12.3. The number of nitrogens with zero attached hydrogens (tertiary/aromatic N) is 3. The van der Waals surface area contributed by atoms with Gasteiger partial charge in [0, 0.05) is 23.5 Å². The van der Waals surface area contributed by atoms with Gasteiger partial charge in [0.05, 0.1) is 17.9 Å². The fourth-order valence-electron chi connectivity index (χ4n) is 3.75. The predicted octanol–water partition coefficient (Wildman–Crippen LogP) is 3.74. The average Bonchev–Trinajstić information content (AvgIpc) is 3.43. The Morgan fingerprint density at radius 2 is 1.97 bits per heavy atom. The standard InChI is InChI=1S/C24H23N5O4S/c1-4-18-11-19(12-21-15(2)14-33-23(18)21)22(27-20-7-5-17(13-25)6-8-20)24(30)28-34(31,32)29-10-9-26-16(29)3/h5-12,14,22,27H,4H2,1-3H3,(H,28,30). The SMILES string of the molecule is CCc1cc(C(Nc2ccc(C#N)cc2)C(=O)NS(=O)(=O)n2ccnc2C)cc2c(C)coc12. The van der Waals surface area contributed by atoms with Crippen LogP contribution in [0.25, 0.3) is 11.0 Å². The molecule has 34 heavy (non-hydrogen) atoms. The van der Waals surface area contributed by atoms with Gasteiger partial charge < -0.3 is 9.73 Å². The first-order chi connectivity index (χ1) is 16.2. The zero-order valence-corrected chi connectivity index (χ0v) is 19.7. The Balaban J connectivity index is 1.77. The van der Waals surface area contributed by atoms with Crippen molar-refractivity contribution in [2.45, 2.75) is 33.2 Å². The van der Waals surface area contributed by atoms with Gasteiger partial charge in [-0.2, -0.15) is 13.7 Å². The van der Waals surface area contributed by atoms with Gasteiger partial charge in [0.15, 0.2) is 0 Å². The highest BCUT2D eigenvalue weighted by Crippen LogP contribution is 2.30. The van der Waals surface area contributed by atoms with E-state index in [4.69, 9.17) is 9.68 Å². The number of aromatic nitrogens is 2. The third kappa shape index (κ3) is 4.38. The van der Waals surface area contributed by atoms with Crippen molar-refractivity contribution >= 4 is 32.8 Å². The summed E-state index contributed by atoms with van der Waals surface area (Å²) < 4.78 is 34.5. The number of furan rings is 1. The molecule has 174 valence electrons. The minimum atomic E-state index is -4.21. The number of aryl methyl sites for hydroxylation is 3. The summed E-state index contributed by atoms with van der Waals surface area (Å²) in [6, 6.07) is 11.2. The number of nitrogens with one attached hydrogen (secondary N) is 2. The van der Waals surface area contributed by atoms with E-state index >= 15 is 0 Å². The molecule has 2 heterocycles. The van der Waals surface area contributed by atoms with Gasteiger partial charge in [-0.25, -0.2) is 13.7 Å². The number of rotatable bonds is 7. The summed E-state index contributed by atoms with van der Waals surface area (Å²) in [4.78, 5) is 17.3. The minimum Gasteiger partial charge on any atom is -0.464 e. The van der Waals surface area contributed by atoms with Gasteiger partial charge in [-0.3, -0.25) is 4.79 Å². The van der Waals surface area contributed by atoms with Crippen molar-refractivity contribution in [2.75, 3.05) is 5.32 Å². The molecular formula is C24H23N5O4S. The highest BCUT2D eigenvalue weighted by Gasteiger charge is 2.28. The van der Waals surface area contributed by atoms with Crippen molar-refractivity contribution in [1.82, 2.24) is 13.7 Å². The average molecular weight is 478 g/mol. The van der Waals surface area contributed by atoms with Crippen LogP contribution in [0.15, 0.2) is 59.5 Å². The summed E-state index contributed by atoms with van der Waals surface area (Å²) in [6.45, 7) is 5.41. The van der Waals surface area contributed by atoms with Gasteiger partial charge in [0.2, 0.25) is 0 Å². The van der Waals surface area contributed by atoms with Crippen LogP contribution < -0.4 is 10.0 Å². The van der Waals surface area contributed by atoms with Crippen molar-refractivity contribution in [3.63, 3.8) is 0 Å². The van der Waals surface area contributed by atoms with Crippen molar-refractivity contribution in [1.29, 1.82) is 5.26 Å². The third-order valence-electron chi connectivity index (χ3n) is 5.54. The smallest absolute Gasteiger partial charge is 0.331 e. The molecule has 2 aromatic heterocycles. The first-order valence-electron chi connectivity index (χ1n) is 10.6. The van der Waals surface area contributed by atoms with E-state index in [2.05, 4.69) is 15.0 Å². The monoisotopic (exact) mass is 477 g/mol. The van der Waals surface area contributed by atoms with Crippen molar-refractivity contribution < 1.29 is 17.6 Å². The Kier molecular flexibility index (Phi) is 6.13. The van der Waals surface area contributed by atoms with Crippen LogP contribution in [0.4, 0.5) is 5.69 Å². The first kappa shape index (κ1) is 23.1. The second-order valence-corrected chi connectivity index (χ2v) is 9.38. The summed E-state index contributed by atoms with van der Waals surface area (Å²) in [6.07, 6.45) is 4.93. The minimum absolute atomic E-state index is 0.223. The maximum atomic E-state index is 13.4. The summed E-state index contributed by atoms with van der Waals surface area (Å²) in [7, 11) is -4.21. The third-order valence-corrected chi connectivity index (χ3v) is 6.90. The molecule has 0 saturated heterocycles. The van der Waals surface area contributed by atoms with Gasteiger partial charge in [-0.15, -0.1) is 0 Å².